The lowest BCUT2D eigenvalue weighted by Crippen LogP contribution is -2.26. The van der Waals surface area contributed by atoms with Crippen LogP contribution in [-0.4, -0.2) is 35.7 Å². The molecule has 98 valence electrons. The van der Waals surface area contributed by atoms with Crippen LogP contribution in [0.3, 0.4) is 0 Å². The number of nitrogens with zero attached hydrogens (tertiary/aromatic N) is 3. The van der Waals surface area contributed by atoms with Crippen molar-refractivity contribution >= 4 is 0 Å². The van der Waals surface area contributed by atoms with Gasteiger partial charge in [-0.25, -0.2) is 0 Å². The normalized spacial score (nSPS) is 13.2. The molecule has 18 heavy (non-hydrogen) atoms. The fourth-order valence-corrected chi connectivity index (χ4v) is 1.64. The van der Waals surface area contributed by atoms with Crippen LogP contribution in [0.1, 0.15) is 24.6 Å². The van der Waals surface area contributed by atoms with E-state index in [0.717, 1.165) is 12.2 Å². The van der Waals surface area contributed by atoms with Crippen LogP contribution in [0.4, 0.5) is 0 Å². The summed E-state index contributed by atoms with van der Waals surface area (Å²) in [5.41, 5.74) is 5.96. The molecule has 1 unspecified atom stereocenters. The second kappa shape index (κ2) is 5.32. The zero-order chi connectivity index (χ0) is 13.1. The summed E-state index contributed by atoms with van der Waals surface area (Å²) >= 11 is 0. The second-order valence-corrected chi connectivity index (χ2v) is 4.45. The number of nitrogens with two attached hydrogens (primary N) is 1. The molecule has 2 heterocycles. The number of likely N-dealkylation sites (N-methyl/N-ethyl adjacent to an activating group) is 1. The molecular weight excluding hydrogens is 232 g/mol. The summed E-state index contributed by atoms with van der Waals surface area (Å²) in [6.07, 6.45) is 0.834. The summed E-state index contributed by atoms with van der Waals surface area (Å²) in [6.45, 7) is 2.69. The molecule has 0 saturated carbocycles. The van der Waals surface area contributed by atoms with Crippen molar-refractivity contribution in [3.63, 3.8) is 0 Å². The first-order valence-corrected chi connectivity index (χ1v) is 5.93. The van der Waals surface area contributed by atoms with Gasteiger partial charge >= 0.3 is 0 Å². The van der Waals surface area contributed by atoms with Crippen LogP contribution in [0, 0.1) is 0 Å². The number of rotatable bonds is 5. The molecule has 6 nitrogen and oxygen atoms in total. The quantitative estimate of drug-likeness (QED) is 0.865. The van der Waals surface area contributed by atoms with Crippen molar-refractivity contribution in [2.24, 2.45) is 5.73 Å². The maximum absolute atomic E-state index is 5.96. The van der Waals surface area contributed by atoms with Gasteiger partial charge in [0.1, 0.15) is 5.76 Å². The van der Waals surface area contributed by atoms with Gasteiger partial charge in [0.15, 0.2) is 11.6 Å². The molecule has 0 aliphatic rings. The predicted molar refractivity (Wildman–Crippen MR) is 66.9 cm³/mol. The van der Waals surface area contributed by atoms with E-state index in [1.54, 1.807) is 0 Å². The molecule has 0 aliphatic heterocycles. The molecule has 0 spiro atoms. The molecule has 0 bridgehead atoms. The SMILES string of the molecule is CCc1ccc(-c2nc(C(N)CN(C)C)no2)o1. The van der Waals surface area contributed by atoms with Crippen LogP contribution in [0.25, 0.3) is 11.7 Å². The lowest BCUT2D eigenvalue weighted by Gasteiger charge is -2.12. The lowest BCUT2D eigenvalue weighted by molar-refractivity contribution is 0.355. The number of hydrogen-bond acceptors (Lipinski definition) is 6. The van der Waals surface area contributed by atoms with Crippen LogP contribution in [0.2, 0.25) is 0 Å². The van der Waals surface area contributed by atoms with Crippen molar-refractivity contribution in [1.82, 2.24) is 15.0 Å². The molecule has 2 N–H and O–H groups in total. The Hall–Kier alpha value is -1.66. The maximum Gasteiger partial charge on any atom is 0.293 e. The molecule has 2 rings (SSSR count). The molecular formula is C12H18N4O2. The third kappa shape index (κ3) is 2.77. The number of aromatic nitrogens is 2. The predicted octanol–water partition coefficient (Wildman–Crippen LogP) is 1.45. The van der Waals surface area contributed by atoms with Gasteiger partial charge in [-0.1, -0.05) is 12.1 Å². The molecule has 0 aliphatic carbocycles. The Morgan fingerprint density at radius 1 is 1.39 bits per heavy atom. The molecule has 0 saturated heterocycles. The standard InChI is InChI=1S/C12H18N4O2/c1-4-8-5-6-10(17-8)12-14-11(15-18-12)9(13)7-16(2)3/h5-6,9H,4,7,13H2,1-3H3. The van der Waals surface area contributed by atoms with Gasteiger partial charge in [-0.15, -0.1) is 0 Å². The van der Waals surface area contributed by atoms with E-state index in [1.807, 2.05) is 38.1 Å². The smallest absolute Gasteiger partial charge is 0.293 e. The van der Waals surface area contributed by atoms with E-state index in [2.05, 4.69) is 10.1 Å². The highest BCUT2D eigenvalue weighted by atomic mass is 16.5. The average molecular weight is 250 g/mol. The van der Waals surface area contributed by atoms with E-state index in [1.165, 1.54) is 0 Å². The first-order valence-electron chi connectivity index (χ1n) is 5.93. The second-order valence-electron chi connectivity index (χ2n) is 4.45. The van der Waals surface area contributed by atoms with Crippen LogP contribution in [0.5, 0.6) is 0 Å². The van der Waals surface area contributed by atoms with Crippen LogP contribution >= 0.6 is 0 Å². The number of hydrogen-bond donors (Lipinski definition) is 1. The first-order chi connectivity index (χ1) is 8.60. The van der Waals surface area contributed by atoms with Crippen LogP contribution in [-0.2, 0) is 6.42 Å². The third-order valence-corrected chi connectivity index (χ3v) is 2.56. The lowest BCUT2D eigenvalue weighted by atomic mass is 10.3. The van der Waals surface area contributed by atoms with E-state index in [0.29, 0.717) is 24.0 Å². The van der Waals surface area contributed by atoms with E-state index >= 15 is 0 Å². The third-order valence-electron chi connectivity index (χ3n) is 2.56. The highest BCUT2D eigenvalue weighted by Gasteiger charge is 2.17. The molecule has 0 aromatic carbocycles. The van der Waals surface area contributed by atoms with E-state index in [-0.39, 0.29) is 6.04 Å². The first kappa shape index (κ1) is 12.8. The molecule has 0 radical (unpaired) electrons. The van der Waals surface area contributed by atoms with Crippen molar-refractivity contribution in [3.05, 3.63) is 23.7 Å². The topological polar surface area (TPSA) is 81.3 Å². The summed E-state index contributed by atoms with van der Waals surface area (Å²) in [7, 11) is 3.89. The summed E-state index contributed by atoms with van der Waals surface area (Å²) in [5.74, 6) is 2.34. The van der Waals surface area contributed by atoms with E-state index in [4.69, 9.17) is 14.7 Å². The Kier molecular flexibility index (Phi) is 3.78. The fraction of sp³-hybridized carbons (Fsp3) is 0.500. The minimum Gasteiger partial charge on any atom is -0.456 e. The molecule has 0 amide bonds. The Bertz CT molecular complexity index is 504. The van der Waals surface area contributed by atoms with Crippen molar-refractivity contribution in [1.29, 1.82) is 0 Å². The van der Waals surface area contributed by atoms with Crippen molar-refractivity contribution in [3.8, 4) is 11.7 Å². The van der Waals surface area contributed by atoms with Crippen molar-refractivity contribution < 1.29 is 8.94 Å². The van der Waals surface area contributed by atoms with Gasteiger partial charge in [0.25, 0.3) is 5.89 Å². The number of aryl methyl sites for hydroxylation is 1. The monoisotopic (exact) mass is 250 g/mol. The van der Waals surface area contributed by atoms with Crippen molar-refractivity contribution in [2.75, 3.05) is 20.6 Å². The van der Waals surface area contributed by atoms with Gasteiger partial charge in [-0.05, 0) is 26.2 Å². The Balaban J connectivity index is 2.14. The zero-order valence-electron chi connectivity index (χ0n) is 10.9. The van der Waals surface area contributed by atoms with Gasteiger partial charge in [0, 0.05) is 13.0 Å². The van der Waals surface area contributed by atoms with Crippen LogP contribution < -0.4 is 5.73 Å². The highest BCUT2D eigenvalue weighted by molar-refractivity contribution is 5.44. The average Bonchev–Trinajstić information content (AvgIpc) is 2.96. The summed E-state index contributed by atoms with van der Waals surface area (Å²) in [4.78, 5) is 6.23. The van der Waals surface area contributed by atoms with E-state index in [9.17, 15) is 0 Å². The largest absolute Gasteiger partial charge is 0.456 e. The molecule has 6 heteroatoms. The Morgan fingerprint density at radius 2 is 2.17 bits per heavy atom. The molecule has 2 aromatic rings. The summed E-state index contributed by atoms with van der Waals surface area (Å²) in [5, 5.41) is 3.88. The Labute approximate surface area is 106 Å². The minimum atomic E-state index is -0.266. The minimum absolute atomic E-state index is 0.266. The molecule has 2 aromatic heterocycles. The van der Waals surface area contributed by atoms with Gasteiger partial charge in [0.05, 0.1) is 6.04 Å². The molecule has 1 atom stereocenters. The van der Waals surface area contributed by atoms with Gasteiger partial charge < -0.3 is 19.6 Å². The fourth-order valence-electron chi connectivity index (χ4n) is 1.64. The van der Waals surface area contributed by atoms with Crippen molar-refractivity contribution in [2.45, 2.75) is 19.4 Å². The maximum atomic E-state index is 5.96. The number of furan rings is 1. The summed E-state index contributed by atoms with van der Waals surface area (Å²) in [6, 6.07) is 3.46. The highest BCUT2D eigenvalue weighted by Crippen LogP contribution is 2.21. The molecule has 0 fully saturated rings. The van der Waals surface area contributed by atoms with Crippen LogP contribution in [0.15, 0.2) is 21.1 Å². The Morgan fingerprint density at radius 3 is 2.78 bits per heavy atom. The summed E-state index contributed by atoms with van der Waals surface area (Å²) < 4.78 is 10.7. The van der Waals surface area contributed by atoms with Gasteiger partial charge in [0.2, 0.25) is 0 Å². The van der Waals surface area contributed by atoms with Gasteiger partial charge in [-0.3, -0.25) is 0 Å². The van der Waals surface area contributed by atoms with Gasteiger partial charge in [-0.2, -0.15) is 4.98 Å². The van der Waals surface area contributed by atoms with E-state index < -0.39 is 0 Å². The zero-order valence-corrected chi connectivity index (χ0v) is 10.9.